The van der Waals surface area contributed by atoms with E-state index in [0.29, 0.717) is 28.4 Å². The van der Waals surface area contributed by atoms with Crippen molar-refractivity contribution < 1.29 is 14.3 Å². The summed E-state index contributed by atoms with van der Waals surface area (Å²) in [6, 6.07) is 17.3. The fraction of sp³-hybridized carbons (Fsp3) is 0.250. The SMILES string of the molecule is CCn1c(SCC(=O)Nc2nc(-c3ccccc3)cs2)nnc1C(C)Oc1ccc(OC)cc1. The van der Waals surface area contributed by atoms with Crippen LogP contribution in [-0.4, -0.2) is 38.5 Å². The lowest BCUT2D eigenvalue weighted by Gasteiger charge is -2.15. The van der Waals surface area contributed by atoms with Crippen LogP contribution in [0.3, 0.4) is 0 Å². The van der Waals surface area contributed by atoms with Crippen LogP contribution in [0.25, 0.3) is 11.3 Å². The maximum atomic E-state index is 12.5. The number of carbonyl (C=O) groups excluding carboxylic acids is 1. The zero-order valence-corrected chi connectivity index (χ0v) is 20.7. The highest BCUT2D eigenvalue weighted by molar-refractivity contribution is 7.99. The minimum Gasteiger partial charge on any atom is -0.497 e. The number of aromatic nitrogens is 4. The summed E-state index contributed by atoms with van der Waals surface area (Å²) in [7, 11) is 1.63. The number of ether oxygens (including phenoxy) is 2. The van der Waals surface area contributed by atoms with Crippen molar-refractivity contribution in [3.05, 3.63) is 65.8 Å². The Balaban J connectivity index is 1.35. The Labute approximate surface area is 206 Å². The van der Waals surface area contributed by atoms with E-state index in [1.807, 2.05) is 78.4 Å². The molecule has 0 saturated heterocycles. The van der Waals surface area contributed by atoms with E-state index in [4.69, 9.17) is 9.47 Å². The summed E-state index contributed by atoms with van der Waals surface area (Å²) >= 11 is 2.74. The molecule has 1 amide bonds. The topological polar surface area (TPSA) is 91.2 Å². The molecule has 10 heteroatoms. The van der Waals surface area contributed by atoms with E-state index in [2.05, 4.69) is 20.5 Å². The molecule has 0 saturated carbocycles. The Morgan fingerprint density at radius 1 is 1.12 bits per heavy atom. The summed E-state index contributed by atoms with van der Waals surface area (Å²) in [6.45, 7) is 4.60. The number of rotatable bonds is 10. The van der Waals surface area contributed by atoms with Crippen molar-refractivity contribution in [2.24, 2.45) is 0 Å². The number of amides is 1. The Morgan fingerprint density at radius 3 is 2.56 bits per heavy atom. The molecule has 4 rings (SSSR count). The molecule has 0 aliphatic rings. The number of thioether (sulfide) groups is 1. The first-order valence-electron chi connectivity index (χ1n) is 10.7. The number of thiazole rings is 1. The highest BCUT2D eigenvalue weighted by atomic mass is 32.2. The number of hydrogen-bond donors (Lipinski definition) is 1. The van der Waals surface area contributed by atoms with Gasteiger partial charge >= 0.3 is 0 Å². The molecule has 0 fully saturated rings. The molecular weight excluding hydrogens is 470 g/mol. The van der Waals surface area contributed by atoms with Crippen LogP contribution in [0.15, 0.2) is 65.1 Å². The van der Waals surface area contributed by atoms with E-state index >= 15 is 0 Å². The Morgan fingerprint density at radius 2 is 1.85 bits per heavy atom. The van der Waals surface area contributed by atoms with Gasteiger partial charge in [-0.2, -0.15) is 0 Å². The third kappa shape index (κ3) is 5.75. The number of anilines is 1. The van der Waals surface area contributed by atoms with Crippen molar-refractivity contribution in [3.8, 4) is 22.8 Å². The van der Waals surface area contributed by atoms with Gasteiger partial charge in [-0.1, -0.05) is 42.1 Å². The van der Waals surface area contributed by atoms with Crippen LogP contribution < -0.4 is 14.8 Å². The van der Waals surface area contributed by atoms with Crippen LogP contribution in [0.4, 0.5) is 5.13 Å². The molecule has 0 radical (unpaired) electrons. The molecule has 2 aromatic carbocycles. The maximum Gasteiger partial charge on any atom is 0.236 e. The molecule has 0 aliphatic carbocycles. The average Bonchev–Trinajstić information content (AvgIpc) is 3.50. The standard InChI is InChI=1S/C24H25N5O3S2/c1-4-29-22(16(2)32-19-12-10-18(31-3)11-13-19)27-28-24(29)34-15-21(30)26-23-25-20(14-33-23)17-8-6-5-7-9-17/h5-14,16H,4,15H2,1-3H3,(H,25,26,30). The van der Waals surface area contributed by atoms with Crippen molar-refractivity contribution in [1.82, 2.24) is 19.7 Å². The van der Waals surface area contributed by atoms with E-state index in [0.717, 1.165) is 17.0 Å². The van der Waals surface area contributed by atoms with Crippen LogP contribution in [0, 0.1) is 0 Å². The Hall–Kier alpha value is -3.37. The van der Waals surface area contributed by atoms with E-state index in [1.54, 1.807) is 7.11 Å². The lowest BCUT2D eigenvalue weighted by molar-refractivity contribution is -0.113. The highest BCUT2D eigenvalue weighted by Gasteiger charge is 2.20. The molecule has 8 nitrogen and oxygen atoms in total. The van der Waals surface area contributed by atoms with Crippen molar-refractivity contribution >= 4 is 34.1 Å². The van der Waals surface area contributed by atoms with Crippen LogP contribution in [-0.2, 0) is 11.3 Å². The minimum absolute atomic E-state index is 0.145. The molecule has 4 aromatic rings. The van der Waals surface area contributed by atoms with Crippen LogP contribution in [0.2, 0.25) is 0 Å². The van der Waals surface area contributed by atoms with E-state index < -0.39 is 0 Å². The van der Waals surface area contributed by atoms with E-state index in [1.165, 1.54) is 23.1 Å². The van der Waals surface area contributed by atoms with Gasteiger partial charge in [0.2, 0.25) is 5.91 Å². The third-order valence-electron chi connectivity index (χ3n) is 4.95. The molecule has 2 aromatic heterocycles. The van der Waals surface area contributed by atoms with Crippen molar-refractivity contribution in [2.75, 3.05) is 18.2 Å². The van der Waals surface area contributed by atoms with Crippen molar-refractivity contribution in [2.45, 2.75) is 31.7 Å². The normalized spacial score (nSPS) is 11.7. The fourth-order valence-corrected chi connectivity index (χ4v) is 4.82. The second-order valence-corrected chi connectivity index (χ2v) is 9.06. The van der Waals surface area contributed by atoms with E-state index in [9.17, 15) is 4.79 Å². The summed E-state index contributed by atoms with van der Waals surface area (Å²) in [5, 5.41) is 14.6. The molecule has 0 bridgehead atoms. The smallest absolute Gasteiger partial charge is 0.236 e. The zero-order chi connectivity index (χ0) is 23.9. The number of nitrogens with zero attached hydrogens (tertiary/aromatic N) is 4. The van der Waals surface area contributed by atoms with Crippen LogP contribution >= 0.6 is 23.1 Å². The van der Waals surface area contributed by atoms with Gasteiger partial charge in [0.05, 0.1) is 18.6 Å². The van der Waals surface area contributed by atoms with Gasteiger partial charge < -0.3 is 19.4 Å². The van der Waals surface area contributed by atoms with Gasteiger partial charge in [-0.05, 0) is 38.1 Å². The molecule has 34 heavy (non-hydrogen) atoms. The first-order valence-corrected chi connectivity index (χ1v) is 12.6. The predicted molar refractivity (Wildman–Crippen MR) is 135 cm³/mol. The molecule has 1 N–H and O–H groups in total. The second kappa shape index (κ2) is 11.2. The highest BCUT2D eigenvalue weighted by Crippen LogP contribution is 2.27. The average molecular weight is 496 g/mol. The summed E-state index contributed by atoms with van der Waals surface area (Å²) in [5.41, 5.74) is 1.86. The van der Waals surface area contributed by atoms with Gasteiger partial charge in [0.1, 0.15) is 11.5 Å². The first kappa shape index (κ1) is 23.8. The lowest BCUT2D eigenvalue weighted by atomic mass is 10.2. The predicted octanol–water partition coefficient (Wildman–Crippen LogP) is 5.30. The largest absolute Gasteiger partial charge is 0.497 e. The summed E-state index contributed by atoms with van der Waals surface area (Å²) in [6.07, 6.45) is -0.309. The molecule has 0 aliphatic heterocycles. The van der Waals surface area contributed by atoms with Gasteiger partial charge in [-0.15, -0.1) is 21.5 Å². The first-order chi connectivity index (χ1) is 16.6. The summed E-state index contributed by atoms with van der Waals surface area (Å²) < 4.78 is 13.2. The fourth-order valence-electron chi connectivity index (χ4n) is 3.27. The number of benzene rings is 2. The van der Waals surface area contributed by atoms with Gasteiger partial charge in [-0.25, -0.2) is 4.98 Å². The van der Waals surface area contributed by atoms with Crippen LogP contribution in [0.1, 0.15) is 25.8 Å². The lowest BCUT2D eigenvalue weighted by Crippen LogP contribution is -2.15. The van der Waals surface area contributed by atoms with Gasteiger partial charge in [0.15, 0.2) is 22.2 Å². The zero-order valence-electron chi connectivity index (χ0n) is 19.1. The Kier molecular flexibility index (Phi) is 7.81. The monoisotopic (exact) mass is 495 g/mol. The number of nitrogens with one attached hydrogen (secondary N) is 1. The number of methoxy groups -OCH3 is 1. The molecular formula is C24H25N5O3S2. The Bertz CT molecular complexity index is 1230. The maximum absolute atomic E-state index is 12.5. The van der Waals surface area contributed by atoms with E-state index in [-0.39, 0.29) is 17.8 Å². The van der Waals surface area contributed by atoms with Crippen molar-refractivity contribution in [1.29, 1.82) is 0 Å². The third-order valence-corrected chi connectivity index (χ3v) is 6.67. The molecule has 1 unspecified atom stereocenters. The second-order valence-electron chi connectivity index (χ2n) is 7.26. The number of carbonyl (C=O) groups is 1. The molecule has 176 valence electrons. The summed E-state index contributed by atoms with van der Waals surface area (Å²) in [5.74, 6) is 2.24. The van der Waals surface area contributed by atoms with Gasteiger partial charge in [0.25, 0.3) is 0 Å². The molecule has 1 atom stereocenters. The quantitative estimate of drug-likeness (QED) is 0.299. The molecule has 0 spiro atoms. The van der Waals surface area contributed by atoms with Crippen LogP contribution in [0.5, 0.6) is 11.5 Å². The van der Waals surface area contributed by atoms with Crippen molar-refractivity contribution in [3.63, 3.8) is 0 Å². The summed E-state index contributed by atoms with van der Waals surface area (Å²) in [4.78, 5) is 17.0. The van der Waals surface area contributed by atoms with Gasteiger partial charge in [0, 0.05) is 17.5 Å². The minimum atomic E-state index is -0.309. The number of hydrogen-bond acceptors (Lipinski definition) is 8. The molecule has 2 heterocycles. The van der Waals surface area contributed by atoms with Gasteiger partial charge in [-0.3, -0.25) is 4.79 Å².